The molecule has 0 aliphatic carbocycles. The lowest BCUT2D eigenvalue weighted by Crippen LogP contribution is -2.24. The van der Waals surface area contributed by atoms with Crippen molar-refractivity contribution in [2.75, 3.05) is 6.54 Å². The predicted molar refractivity (Wildman–Crippen MR) is 46.7 cm³/mol. The summed E-state index contributed by atoms with van der Waals surface area (Å²) in [6.07, 6.45) is 0.768. The molecule has 0 saturated heterocycles. The van der Waals surface area contributed by atoms with Gasteiger partial charge in [0.15, 0.2) is 0 Å². The molecule has 0 atom stereocenters. The highest BCUT2D eigenvalue weighted by Gasteiger charge is 1.94. The van der Waals surface area contributed by atoms with Gasteiger partial charge < -0.3 is 5.73 Å². The normalized spacial score (nSPS) is 9.33. The fourth-order valence-corrected chi connectivity index (χ4v) is 0.940. The van der Waals surface area contributed by atoms with Crippen LogP contribution in [0.5, 0.6) is 0 Å². The van der Waals surface area contributed by atoms with Crippen LogP contribution in [0.3, 0.4) is 0 Å². The average Bonchev–Trinajstić information content (AvgIpc) is 2.05. The molecule has 0 heterocycles. The smallest absolute Gasteiger partial charge is 0.333 e. The van der Waals surface area contributed by atoms with E-state index in [2.05, 4.69) is 5.32 Å². The molecule has 3 heteroatoms. The number of carbonyl (C=O) groups excluding carboxylic acids is 1. The van der Waals surface area contributed by atoms with Crippen LogP contribution in [-0.4, -0.2) is 12.6 Å². The van der Waals surface area contributed by atoms with Crippen LogP contribution in [0.25, 0.3) is 0 Å². The van der Waals surface area contributed by atoms with Gasteiger partial charge in [0, 0.05) is 6.54 Å². The third-order valence-electron chi connectivity index (χ3n) is 1.51. The second-order valence-corrected chi connectivity index (χ2v) is 2.46. The Morgan fingerprint density at radius 2 is 2.00 bits per heavy atom. The summed E-state index contributed by atoms with van der Waals surface area (Å²) in [5.41, 5.74) is 6.02. The predicted octanol–water partition coefficient (Wildman–Crippen LogP) is 0.912. The fraction of sp³-hybridized carbons (Fsp3) is 0.222. The minimum absolute atomic E-state index is 0.472. The van der Waals surface area contributed by atoms with E-state index in [0.29, 0.717) is 6.54 Å². The molecule has 3 nitrogen and oxygen atoms in total. The Labute approximate surface area is 71.6 Å². The highest BCUT2D eigenvalue weighted by Crippen LogP contribution is 1.97. The SMILES string of the molecule is NC(=O)[N]CCc1ccccc1. The average molecular weight is 163 g/mol. The maximum atomic E-state index is 10.2. The molecular weight excluding hydrogens is 152 g/mol. The Morgan fingerprint density at radius 1 is 1.33 bits per heavy atom. The van der Waals surface area contributed by atoms with Crippen LogP contribution in [-0.2, 0) is 6.42 Å². The van der Waals surface area contributed by atoms with Gasteiger partial charge >= 0.3 is 6.03 Å². The van der Waals surface area contributed by atoms with Crippen molar-refractivity contribution in [2.24, 2.45) is 5.73 Å². The summed E-state index contributed by atoms with van der Waals surface area (Å²) in [6, 6.07) is 9.27. The number of amides is 2. The Hall–Kier alpha value is -1.51. The molecule has 2 amide bonds. The van der Waals surface area contributed by atoms with Gasteiger partial charge in [-0.25, -0.2) is 10.1 Å². The largest absolute Gasteiger partial charge is 0.350 e. The summed E-state index contributed by atoms with van der Waals surface area (Å²) < 4.78 is 0. The number of rotatable bonds is 3. The molecule has 0 aliphatic heterocycles. The lowest BCUT2D eigenvalue weighted by Gasteiger charge is -1.98. The molecule has 0 aromatic heterocycles. The van der Waals surface area contributed by atoms with E-state index < -0.39 is 6.03 Å². The summed E-state index contributed by atoms with van der Waals surface area (Å²) in [5.74, 6) is 0. The van der Waals surface area contributed by atoms with Crippen molar-refractivity contribution >= 4 is 6.03 Å². The Kier molecular flexibility index (Phi) is 3.14. The molecule has 1 rings (SSSR count). The quantitative estimate of drug-likeness (QED) is 0.707. The Bertz CT molecular complexity index is 246. The first-order valence-corrected chi connectivity index (χ1v) is 3.80. The number of benzene rings is 1. The molecule has 12 heavy (non-hydrogen) atoms. The van der Waals surface area contributed by atoms with E-state index >= 15 is 0 Å². The van der Waals surface area contributed by atoms with Crippen molar-refractivity contribution in [3.8, 4) is 0 Å². The zero-order valence-electron chi connectivity index (χ0n) is 6.73. The number of hydrogen-bond donors (Lipinski definition) is 1. The maximum Gasteiger partial charge on any atom is 0.333 e. The first-order chi connectivity index (χ1) is 5.79. The minimum atomic E-state index is -0.592. The number of hydrogen-bond acceptors (Lipinski definition) is 1. The fourth-order valence-electron chi connectivity index (χ4n) is 0.940. The topological polar surface area (TPSA) is 57.2 Å². The van der Waals surface area contributed by atoms with Crippen LogP contribution in [0, 0.1) is 0 Å². The molecular formula is C9H11N2O. The third kappa shape index (κ3) is 3.05. The standard InChI is InChI=1S/C9H11N2O/c10-9(12)11-7-6-8-4-2-1-3-5-8/h1-5H,6-7H2,(H2,10,12). The zero-order chi connectivity index (χ0) is 8.81. The molecule has 0 saturated carbocycles. The van der Waals surface area contributed by atoms with Gasteiger partial charge in [-0.3, -0.25) is 0 Å². The molecule has 0 spiro atoms. The van der Waals surface area contributed by atoms with Gasteiger partial charge in [0.1, 0.15) is 0 Å². The first-order valence-electron chi connectivity index (χ1n) is 3.80. The highest BCUT2D eigenvalue weighted by atomic mass is 16.2. The van der Waals surface area contributed by atoms with Crippen LogP contribution >= 0.6 is 0 Å². The second-order valence-electron chi connectivity index (χ2n) is 2.46. The summed E-state index contributed by atoms with van der Waals surface area (Å²) in [5, 5.41) is 3.56. The molecule has 63 valence electrons. The molecule has 0 fully saturated rings. The van der Waals surface area contributed by atoms with Crippen LogP contribution in [0.4, 0.5) is 4.79 Å². The number of carbonyl (C=O) groups is 1. The second kappa shape index (κ2) is 4.38. The van der Waals surface area contributed by atoms with Crippen LogP contribution in [0.2, 0.25) is 0 Å². The Balaban J connectivity index is 2.29. The van der Waals surface area contributed by atoms with Gasteiger partial charge in [-0.2, -0.15) is 0 Å². The van der Waals surface area contributed by atoms with E-state index in [1.807, 2.05) is 30.3 Å². The maximum absolute atomic E-state index is 10.2. The van der Waals surface area contributed by atoms with Crippen LogP contribution < -0.4 is 11.1 Å². The van der Waals surface area contributed by atoms with Gasteiger partial charge in [0.2, 0.25) is 0 Å². The van der Waals surface area contributed by atoms with Crippen LogP contribution in [0.15, 0.2) is 30.3 Å². The first kappa shape index (κ1) is 8.59. The van der Waals surface area contributed by atoms with Crippen molar-refractivity contribution in [1.29, 1.82) is 0 Å². The molecule has 0 aliphatic rings. The lowest BCUT2D eigenvalue weighted by molar-refractivity contribution is 0.248. The molecule has 0 unspecified atom stereocenters. The van der Waals surface area contributed by atoms with E-state index in [4.69, 9.17) is 5.73 Å². The number of primary amides is 1. The Morgan fingerprint density at radius 3 is 2.58 bits per heavy atom. The molecule has 2 N–H and O–H groups in total. The lowest BCUT2D eigenvalue weighted by atomic mass is 10.1. The molecule has 1 radical (unpaired) electrons. The van der Waals surface area contributed by atoms with Gasteiger partial charge in [-0.15, -0.1) is 0 Å². The van der Waals surface area contributed by atoms with Gasteiger partial charge in [-0.05, 0) is 12.0 Å². The molecule has 0 bridgehead atoms. The number of urea groups is 1. The summed E-state index contributed by atoms with van der Waals surface area (Å²) >= 11 is 0. The van der Waals surface area contributed by atoms with Crippen molar-refractivity contribution in [3.05, 3.63) is 35.9 Å². The van der Waals surface area contributed by atoms with Crippen molar-refractivity contribution in [2.45, 2.75) is 6.42 Å². The summed E-state index contributed by atoms with van der Waals surface area (Å²) in [6.45, 7) is 0.472. The minimum Gasteiger partial charge on any atom is -0.350 e. The molecule has 1 aromatic carbocycles. The molecule has 1 aromatic rings. The zero-order valence-corrected chi connectivity index (χ0v) is 6.73. The van der Waals surface area contributed by atoms with E-state index in [1.54, 1.807) is 0 Å². The van der Waals surface area contributed by atoms with E-state index in [-0.39, 0.29) is 0 Å². The van der Waals surface area contributed by atoms with Gasteiger partial charge in [0.05, 0.1) is 0 Å². The number of nitrogens with two attached hydrogens (primary N) is 1. The monoisotopic (exact) mass is 163 g/mol. The number of nitrogens with zero attached hydrogens (tertiary/aromatic N) is 1. The third-order valence-corrected chi connectivity index (χ3v) is 1.51. The van der Waals surface area contributed by atoms with Crippen molar-refractivity contribution < 1.29 is 4.79 Å². The van der Waals surface area contributed by atoms with Crippen molar-refractivity contribution in [1.82, 2.24) is 5.32 Å². The van der Waals surface area contributed by atoms with E-state index in [1.165, 1.54) is 5.56 Å². The summed E-state index contributed by atoms with van der Waals surface area (Å²) in [4.78, 5) is 10.2. The van der Waals surface area contributed by atoms with E-state index in [9.17, 15) is 4.79 Å². The van der Waals surface area contributed by atoms with Gasteiger partial charge in [-0.1, -0.05) is 30.3 Å². The van der Waals surface area contributed by atoms with Crippen LogP contribution in [0.1, 0.15) is 5.56 Å². The summed E-state index contributed by atoms with van der Waals surface area (Å²) in [7, 11) is 0. The van der Waals surface area contributed by atoms with Crippen molar-refractivity contribution in [3.63, 3.8) is 0 Å². The highest BCUT2D eigenvalue weighted by molar-refractivity contribution is 5.71. The van der Waals surface area contributed by atoms with Gasteiger partial charge in [0.25, 0.3) is 0 Å². The van der Waals surface area contributed by atoms with E-state index in [0.717, 1.165) is 6.42 Å².